The molecular formula is C17H15ClN6S2. The molecule has 0 aliphatic carbocycles. The summed E-state index contributed by atoms with van der Waals surface area (Å²) in [5.41, 5.74) is 2.35. The maximum atomic E-state index is 6.08. The summed E-state index contributed by atoms with van der Waals surface area (Å²) in [7, 11) is 0. The molecule has 132 valence electrons. The number of aryl methyl sites for hydroxylation is 1. The average molecular weight is 403 g/mol. The Morgan fingerprint density at radius 1 is 1.15 bits per heavy atom. The molecule has 0 unspecified atom stereocenters. The number of rotatable bonds is 5. The second-order valence-corrected chi connectivity index (χ2v) is 7.06. The number of anilines is 1. The van der Waals surface area contributed by atoms with Crippen molar-refractivity contribution in [2.45, 2.75) is 23.7 Å². The van der Waals surface area contributed by atoms with Crippen molar-refractivity contribution in [3.8, 4) is 0 Å². The van der Waals surface area contributed by atoms with Gasteiger partial charge < -0.3 is 10.6 Å². The molecule has 0 spiro atoms. The molecule has 0 bridgehead atoms. The molecule has 9 heteroatoms. The van der Waals surface area contributed by atoms with Gasteiger partial charge in [-0.3, -0.25) is 0 Å². The van der Waals surface area contributed by atoms with E-state index < -0.39 is 0 Å². The van der Waals surface area contributed by atoms with Crippen LogP contribution in [0.2, 0.25) is 5.15 Å². The van der Waals surface area contributed by atoms with Gasteiger partial charge in [-0.1, -0.05) is 41.4 Å². The quantitative estimate of drug-likeness (QED) is 0.378. The van der Waals surface area contributed by atoms with Crippen LogP contribution in [0.4, 0.5) is 5.95 Å². The van der Waals surface area contributed by atoms with E-state index in [0.717, 1.165) is 5.56 Å². The molecule has 2 N–H and O–H groups in total. The van der Waals surface area contributed by atoms with Gasteiger partial charge in [-0.15, -0.1) is 0 Å². The predicted octanol–water partition coefficient (Wildman–Crippen LogP) is 3.87. The van der Waals surface area contributed by atoms with Crippen molar-refractivity contribution >= 4 is 46.6 Å². The van der Waals surface area contributed by atoms with Gasteiger partial charge in [0.25, 0.3) is 0 Å². The predicted molar refractivity (Wildman–Crippen MR) is 107 cm³/mol. The fraction of sp³-hybridized carbons (Fsp3) is 0.118. The van der Waals surface area contributed by atoms with Crippen molar-refractivity contribution in [1.82, 2.24) is 25.3 Å². The summed E-state index contributed by atoms with van der Waals surface area (Å²) in [6.45, 7) is 2.65. The van der Waals surface area contributed by atoms with Crippen LogP contribution < -0.4 is 10.6 Å². The summed E-state index contributed by atoms with van der Waals surface area (Å²) in [6, 6.07) is 11.6. The molecule has 2 heterocycles. The standard InChI is InChI=1S/C17H15ClN6S2/c1-11-3-5-12(6-4-11)10-21-16(25)24-15-22-13(18)9-14(23-15)26-17-19-7-2-8-20-17/h2-9H,10H2,1H3,(H2,21,22,23,24,25). The molecule has 0 aliphatic rings. The molecular weight excluding hydrogens is 388 g/mol. The van der Waals surface area contributed by atoms with Crippen LogP contribution in [0.25, 0.3) is 0 Å². The third kappa shape index (κ3) is 5.62. The molecule has 3 rings (SSSR count). The van der Waals surface area contributed by atoms with E-state index >= 15 is 0 Å². The molecule has 0 atom stereocenters. The van der Waals surface area contributed by atoms with Crippen LogP contribution in [-0.2, 0) is 6.54 Å². The highest BCUT2D eigenvalue weighted by molar-refractivity contribution is 7.99. The Kier molecular flexibility index (Phi) is 6.32. The van der Waals surface area contributed by atoms with E-state index in [1.807, 2.05) is 0 Å². The summed E-state index contributed by atoms with van der Waals surface area (Å²) < 4.78 is 0. The second kappa shape index (κ2) is 8.88. The van der Waals surface area contributed by atoms with Crippen LogP contribution in [0.15, 0.2) is 59.0 Å². The number of hydrogen-bond acceptors (Lipinski definition) is 6. The summed E-state index contributed by atoms with van der Waals surface area (Å²) in [6.07, 6.45) is 3.34. The Bertz CT molecular complexity index is 890. The van der Waals surface area contributed by atoms with Gasteiger partial charge in [-0.25, -0.2) is 19.9 Å². The van der Waals surface area contributed by atoms with Gasteiger partial charge >= 0.3 is 0 Å². The monoisotopic (exact) mass is 402 g/mol. The number of nitrogens with one attached hydrogen (secondary N) is 2. The zero-order valence-electron chi connectivity index (χ0n) is 13.8. The van der Waals surface area contributed by atoms with Crippen molar-refractivity contribution in [1.29, 1.82) is 0 Å². The first-order valence-corrected chi connectivity index (χ1v) is 9.28. The summed E-state index contributed by atoms with van der Waals surface area (Å²) in [4.78, 5) is 16.8. The molecule has 0 amide bonds. The number of aromatic nitrogens is 4. The Balaban J connectivity index is 1.61. The lowest BCUT2D eigenvalue weighted by molar-refractivity contribution is 0.919. The Morgan fingerprint density at radius 2 is 1.88 bits per heavy atom. The topological polar surface area (TPSA) is 75.6 Å². The SMILES string of the molecule is Cc1ccc(CNC(=S)Nc2nc(Cl)cc(Sc3ncccn3)n2)cc1. The second-order valence-electron chi connectivity index (χ2n) is 5.28. The molecule has 26 heavy (non-hydrogen) atoms. The minimum absolute atomic E-state index is 0.308. The molecule has 0 radical (unpaired) electrons. The van der Waals surface area contributed by atoms with Crippen LogP contribution in [0.1, 0.15) is 11.1 Å². The third-order valence-corrected chi connectivity index (χ3v) is 4.46. The summed E-state index contributed by atoms with van der Waals surface area (Å²) in [5, 5.41) is 8.00. The Hall–Kier alpha value is -2.29. The van der Waals surface area contributed by atoms with Crippen LogP contribution in [0, 0.1) is 6.92 Å². The highest BCUT2D eigenvalue weighted by Gasteiger charge is 2.08. The van der Waals surface area contributed by atoms with Crippen LogP contribution in [0.3, 0.4) is 0 Å². The van der Waals surface area contributed by atoms with Crippen LogP contribution in [-0.4, -0.2) is 25.0 Å². The fourth-order valence-corrected chi connectivity index (χ4v) is 3.10. The zero-order valence-corrected chi connectivity index (χ0v) is 16.2. The highest BCUT2D eigenvalue weighted by Crippen LogP contribution is 2.25. The molecule has 3 aromatic rings. The summed E-state index contributed by atoms with van der Waals surface area (Å²) >= 11 is 12.7. The largest absolute Gasteiger partial charge is 0.358 e. The van der Waals surface area contributed by atoms with Crippen molar-refractivity contribution in [3.63, 3.8) is 0 Å². The lowest BCUT2D eigenvalue weighted by Gasteiger charge is -2.10. The van der Waals surface area contributed by atoms with Gasteiger partial charge in [0.2, 0.25) is 5.95 Å². The molecule has 0 aliphatic heterocycles. The normalized spacial score (nSPS) is 10.4. The fourth-order valence-electron chi connectivity index (χ4n) is 1.97. The van der Waals surface area contributed by atoms with Gasteiger partial charge in [-0.05, 0) is 42.5 Å². The van der Waals surface area contributed by atoms with Crippen molar-refractivity contribution in [2.75, 3.05) is 5.32 Å². The Labute approximate surface area is 165 Å². The van der Waals surface area contributed by atoms with E-state index in [9.17, 15) is 0 Å². The molecule has 2 aromatic heterocycles. The number of halogens is 1. The lowest BCUT2D eigenvalue weighted by Crippen LogP contribution is -2.28. The van der Waals surface area contributed by atoms with E-state index in [1.54, 1.807) is 24.5 Å². The van der Waals surface area contributed by atoms with E-state index in [0.29, 0.717) is 32.9 Å². The lowest BCUT2D eigenvalue weighted by atomic mass is 10.1. The van der Waals surface area contributed by atoms with Crippen LogP contribution >= 0.6 is 35.6 Å². The maximum absolute atomic E-state index is 6.08. The first-order valence-electron chi connectivity index (χ1n) is 7.68. The van der Waals surface area contributed by atoms with Crippen molar-refractivity contribution in [2.24, 2.45) is 0 Å². The number of hydrogen-bond donors (Lipinski definition) is 2. The smallest absolute Gasteiger partial charge is 0.231 e. The highest BCUT2D eigenvalue weighted by atomic mass is 35.5. The van der Waals surface area contributed by atoms with Gasteiger partial charge in [0, 0.05) is 25.0 Å². The van der Waals surface area contributed by atoms with E-state index in [1.165, 1.54) is 17.3 Å². The first-order chi connectivity index (χ1) is 12.6. The number of benzene rings is 1. The zero-order chi connectivity index (χ0) is 18.4. The maximum Gasteiger partial charge on any atom is 0.231 e. The van der Waals surface area contributed by atoms with E-state index in [4.69, 9.17) is 23.8 Å². The molecule has 0 saturated heterocycles. The van der Waals surface area contributed by atoms with Crippen molar-refractivity contribution < 1.29 is 0 Å². The minimum Gasteiger partial charge on any atom is -0.358 e. The van der Waals surface area contributed by atoms with Gasteiger partial charge in [0.15, 0.2) is 10.3 Å². The molecule has 1 aromatic carbocycles. The van der Waals surface area contributed by atoms with Gasteiger partial charge in [0.05, 0.1) is 0 Å². The average Bonchev–Trinajstić information content (AvgIpc) is 2.61. The van der Waals surface area contributed by atoms with Gasteiger partial charge in [0.1, 0.15) is 10.2 Å². The number of thiocarbonyl (C=S) groups is 1. The minimum atomic E-state index is 0.308. The third-order valence-electron chi connectivity index (χ3n) is 3.21. The number of nitrogens with zero attached hydrogens (tertiary/aromatic N) is 4. The summed E-state index contributed by atoms with van der Waals surface area (Å²) in [5.74, 6) is 0.317. The van der Waals surface area contributed by atoms with Crippen molar-refractivity contribution in [3.05, 3.63) is 65.1 Å². The van der Waals surface area contributed by atoms with E-state index in [-0.39, 0.29) is 0 Å². The molecule has 6 nitrogen and oxygen atoms in total. The molecule has 0 saturated carbocycles. The van der Waals surface area contributed by atoms with Crippen LogP contribution in [0.5, 0.6) is 0 Å². The Morgan fingerprint density at radius 3 is 2.62 bits per heavy atom. The van der Waals surface area contributed by atoms with E-state index in [2.05, 4.69) is 61.8 Å². The molecule has 0 fully saturated rings. The van der Waals surface area contributed by atoms with Gasteiger partial charge in [-0.2, -0.15) is 0 Å². The first kappa shape index (κ1) is 18.5.